The van der Waals surface area contributed by atoms with Crippen LogP contribution in [-0.2, 0) is 40.9 Å². The van der Waals surface area contributed by atoms with Crippen LogP contribution in [-0.4, -0.2) is 28.6 Å². The van der Waals surface area contributed by atoms with Gasteiger partial charge in [-0.25, -0.2) is 4.79 Å². The fourth-order valence-corrected chi connectivity index (χ4v) is 6.66. The standard InChI is InChI=1S/C30H37N5O4/c1-20(31)15-30(28-34-29(38)39-35(28)25-5-3-2-4-6-25)26-11-7-21(16-32-18-36)13-23(26)9-10-24-14-22(17-33-19-37)8-12-27(24)30/h7-8,11-14,18-20,25H,2-6,9-10,15-17,31H2,1H3,(H,32,36)(H,33,37)/t20-/m1/s1. The molecule has 2 aliphatic rings. The normalized spacial score (nSPS) is 17.4. The SMILES string of the molecule is C[C@@H](N)CC1(c2nc(=O)on2C2CCCCC2)c2ccc(CNC=O)cc2CCc2cc(CNC=O)ccc21. The minimum Gasteiger partial charge on any atom is -0.355 e. The van der Waals surface area contributed by atoms with Crippen LogP contribution in [0.25, 0.3) is 0 Å². The highest BCUT2D eigenvalue weighted by molar-refractivity contribution is 5.57. The Labute approximate surface area is 228 Å². The number of nitrogens with zero attached hydrogens (tertiary/aromatic N) is 2. The number of amides is 2. The van der Waals surface area contributed by atoms with E-state index in [1.165, 1.54) is 6.42 Å². The third kappa shape index (κ3) is 5.28. The van der Waals surface area contributed by atoms with Gasteiger partial charge in [0, 0.05) is 19.1 Å². The lowest BCUT2D eigenvalue weighted by atomic mass is 9.67. The highest BCUT2D eigenvalue weighted by Crippen LogP contribution is 2.48. The Morgan fingerprint density at radius 1 is 1.00 bits per heavy atom. The second-order valence-electron chi connectivity index (χ2n) is 11.0. The molecule has 1 atom stereocenters. The predicted octanol–water partition coefficient (Wildman–Crippen LogP) is 3.00. The van der Waals surface area contributed by atoms with Gasteiger partial charge in [-0.15, -0.1) is 0 Å². The summed E-state index contributed by atoms with van der Waals surface area (Å²) >= 11 is 0. The molecule has 206 valence electrons. The first kappa shape index (κ1) is 26.9. The molecule has 0 spiro atoms. The lowest BCUT2D eigenvalue weighted by Gasteiger charge is -2.38. The van der Waals surface area contributed by atoms with E-state index in [1.807, 2.05) is 19.1 Å². The van der Waals surface area contributed by atoms with Crippen molar-refractivity contribution in [2.75, 3.05) is 0 Å². The van der Waals surface area contributed by atoms with Gasteiger partial charge in [0.1, 0.15) is 0 Å². The zero-order chi connectivity index (χ0) is 27.4. The first-order valence-corrected chi connectivity index (χ1v) is 13.9. The number of carbonyl (C=O) groups is 2. The summed E-state index contributed by atoms with van der Waals surface area (Å²) in [5.74, 6) is 0.0178. The topological polar surface area (TPSA) is 132 Å². The summed E-state index contributed by atoms with van der Waals surface area (Å²) < 4.78 is 7.65. The minimum absolute atomic E-state index is 0.0659. The maximum atomic E-state index is 12.9. The average Bonchev–Trinajstić information content (AvgIpc) is 3.29. The lowest BCUT2D eigenvalue weighted by Crippen LogP contribution is -2.40. The Bertz CT molecular complexity index is 1320. The van der Waals surface area contributed by atoms with E-state index >= 15 is 0 Å². The van der Waals surface area contributed by atoms with Gasteiger partial charge in [0.2, 0.25) is 12.8 Å². The number of carbonyl (C=O) groups excluding carboxylic acids is 2. The van der Waals surface area contributed by atoms with Crippen LogP contribution in [0.4, 0.5) is 0 Å². The third-order valence-electron chi connectivity index (χ3n) is 8.20. The molecule has 9 nitrogen and oxygen atoms in total. The van der Waals surface area contributed by atoms with Gasteiger partial charge in [0.25, 0.3) is 0 Å². The van der Waals surface area contributed by atoms with Gasteiger partial charge >= 0.3 is 5.76 Å². The smallest absolute Gasteiger partial charge is 0.355 e. The van der Waals surface area contributed by atoms with Gasteiger partial charge in [-0.1, -0.05) is 55.7 Å². The molecule has 1 heterocycles. The zero-order valence-electron chi connectivity index (χ0n) is 22.4. The lowest BCUT2D eigenvalue weighted by molar-refractivity contribution is -0.110. The molecule has 4 N–H and O–H groups in total. The number of aryl methyl sites for hydroxylation is 2. The number of nitrogens with one attached hydrogen (secondary N) is 2. The van der Waals surface area contributed by atoms with E-state index < -0.39 is 11.2 Å². The van der Waals surface area contributed by atoms with Crippen molar-refractivity contribution in [2.24, 2.45) is 5.73 Å². The highest BCUT2D eigenvalue weighted by Gasteiger charge is 2.47. The summed E-state index contributed by atoms with van der Waals surface area (Å²) in [5, 5.41) is 5.52. The zero-order valence-corrected chi connectivity index (χ0v) is 22.4. The summed E-state index contributed by atoms with van der Waals surface area (Å²) in [6, 6.07) is 12.4. The summed E-state index contributed by atoms with van der Waals surface area (Å²) in [5.41, 5.74) is 12.2. The first-order valence-electron chi connectivity index (χ1n) is 13.9. The fraction of sp³-hybridized carbons (Fsp3) is 0.467. The van der Waals surface area contributed by atoms with Crippen molar-refractivity contribution in [3.63, 3.8) is 0 Å². The third-order valence-corrected chi connectivity index (χ3v) is 8.20. The maximum absolute atomic E-state index is 12.9. The Morgan fingerprint density at radius 3 is 2.08 bits per heavy atom. The van der Waals surface area contributed by atoms with E-state index in [2.05, 4.69) is 39.9 Å². The van der Waals surface area contributed by atoms with Crippen LogP contribution in [0.3, 0.4) is 0 Å². The quantitative estimate of drug-likeness (QED) is 0.345. The molecule has 9 heteroatoms. The molecule has 1 aromatic heterocycles. The summed E-state index contributed by atoms with van der Waals surface area (Å²) in [7, 11) is 0. The molecule has 1 fully saturated rings. The van der Waals surface area contributed by atoms with Crippen molar-refractivity contribution >= 4 is 12.8 Å². The molecular formula is C30H37N5O4. The number of hydrogen-bond acceptors (Lipinski definition) is 6. The number of aromatic nitrogens is 2. The predicted molar refractivity (Wildman–Crippen MR) is 147 cm³/mol. The van der Waals surface area contributed by atoms with Crippen LogP contribution in [0, 0.1) is 0 Å². The van der Waals surface area contributed by atoms with Crippen molar-refractivity contribution in [2.45, 2.75) is 88.9 Å². The van der Waals surface area contributed by atoms with Crippen molar-refractivity contribution in [1.29, 1.82) is 0 Å². The molecule has 1 saturated carbocycles. The van der Waals surface area contributed by atoms with E-state index in [0.717, 1.165) is 71.9 Å². The monoisotopic (exact) mass is 531 g/mol. The summed E-state index contributed by atoms with van der Waals surface area (Å²) in [4.78, 5) is 39.4. The van der Waals surface area contributed by atoms with E-state index in [0.29, 0.717) is 38.2 Å². The number of benzene rings is 2. The van der Waals surface area contributed by atoms with E-state index in [4.69, 9.17) is 10.3 Å². The number of nitrogens with two attached hydrogens (primary N) is 1. The Kier molecular flexibility index (Phi) is 7.97. The first-order chi connectivity index (χ1) is 19.0. The molecule has 0 unspecified atom stereocenters. The van der Waals surface area contributed by atoms with Crippen LogP contribution in [0.2, 0.25) is 0 Å². The van der Waals surface area contributed by atoms with Crippen LogP contribution in [0.5, 0.6) is 0 Å². The molecule has 2 aliphatic carbocycles. The molecule has 0 radical (unpaired) electrons. The van der Waals surface area contributed by atoms with Gasteiger partial charge in [0.15, 0.2) is 5.82 Å². The second-order valence-corrected chi connectivity index (χ2v) is 11.0. The fourth-order valence-electron chi connectivity index (χ4n) is 6.66. The molecule has 2 aromatic carbocycles. The van der Waals surface area contributed by atoms with E-state index in [1.54, 1.807) is 4.74 Å². The molecule has 3 aromatic rings. The van der Waals surface area contributed by atoms with Crippen LogP contribution in [0.15, 0.2) is 45.7 Å². The number of rotatable bonds is 10. The summed E-state index contributed by atoms with van der Waals surface area (Å²) in [6.07, 6.45) is 8.70. The Balaban J connectivity index is 1.78. The number of fused-ring (bicyclic) bond motifs is 2. The van der Waals surface area contributed by atoms with Gasteiger partial charge in [-0.2, -0.15) is 9.72 Å². The highest BCUT2D eigenvalue weighted by atomic mass is 16.5. The number of hydrogen-bond donors (Lipinski definition) is 3. The molecular weight excluding hydrogens is 494 g/mol. The average molecular weight is 532 g/mol. The molecule has 0 saturated heterocycles. The van der Waals surface area contributed by atoms with E-state index in [-0.39, 0.29) is 12.1 Å². The molecule has 5 rings (SSSR count). The van der Waals surface area contributed by atoms with Gasteiger partial charge in [-0.05, 0) is 72.4 Å². The molecule has 2 amide bonds. The Morgan fingerprint density at radius 2 is 1.56 bits per heavy atom. The maximum Gasteiger partial charge on any atom is 0.459 e. The van der Waals surface area contributed by atoms with Crippen LogP contribution < -0.4 is 22.1 Å². The van der Waals surface area contributed by atoms with Crippen molar-refractivity contribution in [1.82, 2.24) is 20.4 Å². The van der Waals surface area contributed by atoms with Crippen molar-refractivity contribution in [3.8, 4) is 0 Å². The van der Waals surface area contributed by atoms with Crippen LogP contribution in [0.1, 0.15) is 90.7 Å². The van der Waals surface area contributed by atoms with Gasteiger partial charge in [-0.3, -0.25) is 9.59 Å². The summed E-state index contributed by atoms with van der Waals surface area (Å²) in [6.45, 7) is 2.85. The van der Waals surface area contributed by atoms with Gasteiger partial charge < -0.3 is 20.9 Å². The minimum atomic E-state index is -0.813. The molecule has 0 bridgehead atoms. The molecule has 0 aliphatic heterocycles. The second kappa shape index (κ2) is 11.6. The largest absolute Gasteiger partial charge is 0.459 e. The van der Waals surface area contributed by atoms with Crippen molar-refractivity contribution < 1.29 is 14.1 Å². The van der Waals surface area contributed by atoms with Crippen LogP contribution >= 0.6 is 0 Å². The Hall–Kier alpha value is -3.72. The molecule has 39 heavy (non-hydrogen) atoms. The van der Waals surface area contributed by atoms with Crippen molar-refractivity contribution in [3.05, 3.63) is 86.2 Å². The van der Waals surface area contributed by atoms with E-state index in [9.17, 15) is 14.4 Å². The van der Waals surface area contributed by atoms with Gasteiger partial charge in [0.05, 0.1) is 11.5 Å².